The zero-order chi connectivity index (χ0) is 8.97. The van der Waals surface area contributed by atoms with Crippen molar-refractivity contribution in [3.8, 4) is 0 Å². The molecule has 0 fully saturated rings. The predicted octanol–water partition coefficient (Wildman–Crippen LogP) is 2.00. The van der Waals surface area contributed by atoms with Crippen LogP contribution >= 0.6 is 0 Å². The zero-order valence-electron chi connectivity index (χ0n) is 7.68. The molecule has 2 N–H and O–H groups in total. The normalized spacial score (nSPS) is 13.2. The third-order valence-electron chi connectivity index (χ3n) is 2.20. The number of nitrogens with one attached hydrogen (secondary N) is 2. The van der Waals surface area contributed by atoms with E-state index in [2.05, 4.69) is 24.0 Å². The standard InChI is InChI=1S/C9H16N2O/c1-3-4-5-7(2)8-6-10-11-9(8)12/h6-7H,3-5H2,1-2H3,(H2,10,11,12). The lowest BCUT2D eigenvalue weighted by Gasteiger charge is -2.05. The molecule has 0 bridgehead atoms. The van der Waals surface area contributed by atoms with Crippen molar-refractivity contribution in [2.45, 2.75) is 39.0 Å². The number of hydrogen-bond acceptors (Lipinski definition) is 1. The lowest BCUT2D eigenvalue weighted by atomic mass is 9.98. The highest BCUT2D eigenvalue weighted by Gasteiger charge is 2.08. The molecule has 1 aromatic heterocycles. The number of aromatic nitrogens is 2. The molecule has 3 heteroatoms. The molecule has 0 aromatic carbocycles. The van der Waals surface area contributed by atoms with Gasteiger partial charge in [-0.25, -0.2) is 0 Å². The second-order valence-electron chi connectivity index (χ2n) is 3.24. The summed E-state index contributed by atoms with van der Waals surface area (Å²) in [5.74, 6) is 0.375. The van der Waals surface area contributed by atoms with E-state index in [0.29, 0.717) is 5.92 Å². The van der Waals surface area contributed by atoms with Crippen LogP contribution in [-0.4, -0.2) is 10.2 Å². The van der Waals surface area contributed by atoms with Crippen LogP contribution in [0.2, 0.25) is 0 Å². The molecule has 0 aliphatic rings. The number of aromatic amines is 2. The van der Waals surface area contributed by atoms with Crippen molar-refractivity contribution in [3.05, 3.63) is 22.1 Å². The lowest BCUT2D eigenvalue weighted by Crippen LogP contribution is -2.08. The van der Waals surface area contributed by atoms with Gasteiger partial charge in [-0.3, -0.25) is 9.89 Å². The van der Waals surface area contributed by atoms with Crippen molar-refractivity contribution in [2.24, 2.45) is 0 Å². The van der Waals surface area contributed by atoms with Crippen LogP contribution in [0.4, 0.5) is 0 Å². The van der Waals surface area contributed by atoms with Crippen LogP contribution in [0.5, 0.6) is 0 Å². The molecule has 0 radical (unpaired) electrons. The first kappa shape index (κ1) is 9.10. The highest BCUT2D eigenvalue weighted by atomic mass is 16.1. The lowest BCUT2D eigenvalue weighted by molar-refractivity contribution is 0.622. The van der Waals surface area contributed by atoms with Crippen LogP contribution < -0.4 is 5.56 Å². The Labute approximate surface area is 72.2 Å². The van der Waals surface area contributed by atoms with E-state index >= 15 is 0 Å². The molecule has 0 aliphatic heterocycles. The van der Waals surface area contributed by atoms with Gasteiger partial charge in [0, 0.05) is 11.8 Å². The Morgan fingerprint density at radius 1 is 1.58 bits per heavy atom. The Bertz CT molecular complexity index is 274. The molecular formula is C9H16N2O. The van der Waals surface area contributed by atoms with Gasteiger partial charge in [-0.1, -0.05) is 26.7 Å². The second-order valence-corrected chi connectivity index (χ2v) is 3.24. The van der Waals surface area contributed by atoms with E-state index in [1.54, 1.807) is 6.20 Å². The first-order chi connectivity index (χ1) is 5.75. The maximum absolute atomic E-state index is 11.1. The topological polar surface area (TPSA) is 48.6 Å². The SMILES string of the molecule is CCCCC(C)c1c[nH][nH]c1=O. The van der Waals surface area contributed by atoms with E-state index in [1.165, 1.54) is 12.8 Å². The molecule has 3 nitrogen and oxygen atoms in total. The molecule has 0 spiro atoms. The Hall–Kier alpha value is -0.990. The molecule has 0 aliphatic carbocycles. The van der Waals surface area contributed by atoms with Crippen LogP contribution in [0.1, 0.15) is 44.6 Å². The zero-order valence-corrected chi connectivity index (χ0v) is 7.68. The number of hydrogen-bond donors (Lipinski definition) is 2. The summed E-state index contributed by atoms with van der Waals surface area (Å²) in [6.07, 6.45) is 5.23. The quantitative estimate of drug-likeness (QED) is 0.709. The molecule has 1 atom stereocenters. The summed E-state index contributed by atoms with van der Waals surface area (Å²) in [5.41, 5.74) is 0.905. The summed E-state index contributed by atoms with van der Waals surface area (Å²) < 4.78 is 0. The third-order valence-corrected chi connectivity index (χ3v) is 2.20. The van der Waals surface area contributed by atoms with Gasteiger partial charge in [0.05, 0.1) is 0 Å². The first-order valence-electron chi connectivity index (χ1n) is 4.51. The van der Waals surface area contributed by atoms with Crippen LogP contribution in [-0.2, 0) is 0 Å². The average Bonchev–Trinajstić information content (AvgIpc) is 2.47. The van der Waals surface area contributed by atoms with Crippen molar-refractivity contribution in [2.75, 3.05) is 0 Å². The van der Waals surface area contributed by atoms with Gasteiger partial charge in [0.1, 0.15) is 0 Å². The van der Waals surface area contributed by atoms with E-state index in [-0.39, 0.29) is 5.56 Å². The van der Waals surface area contributed by atoms with Gasteiger partial charge < -0.3 is 5.10 Å². The first-order valence-corrected chi connectivity index (χ1v) is 4.51. The van der Waals surface area contributed by atoms with Gasteiger partial charge >= 0.3 is 0 Å². The molecule has 1 unspecified atom stereocenters. The van der Waals surface area contributed by atoms with E-state index in [1.807, 2.05) is 0 Å². The van der Waals surface area contributed by atoms with E-state index < -0.39 is 0 Å². The fourth-order valence-corrected chi connectivity index (χ4v) is 1.35. The third kappa shape index (κ3) is 2.00. The van der Waals surface area contributed by atoms with Crippen molar-refractivity contribution >= 4 is 0 Å². The highest BCUT2D eigenvalue weighted by molar-refractivity contribution is 5.09. The minimum absolute atomic E-state index is 0.0265. The summed E-state index contributed by atoms with van der Waals surface area (Å²) in [6, 6.07) is 0. The number of rotatable bonds is 4. The van der Waals surface area contributed by atoms with Gasteiger partial charge in [-0.2, -0.15) is 0 Å². The van der Waals surface area contributed by atoms with Crippen molar-refractivity contribution < 1.29 is 0 Å². The number of H-pyrrole nitrogens is 2. The van der Waals surface area contributed by atoms with Gasteiger partial charge in [0.15, 0.2) is 0 Å². The Kier molecular flexibility index (Phi) is 3.14. The molecule has 0 saturated carbocycles. The molecule has 0 amide bonds. The molecule has 0 saturated heterocycles. The van der Waals surface area contributed by atoms with Crippen LogP contribution in [0.3, 0.4) is 0 Å². The molecule has 1 rings (SSSR count). The largest absolute Gasteiger partial charge is 0.305 e. The Balaban J connectivity index is 2.59. The Morgan fingerprint density at radius 3 is 2.83 bits per heavy atom. The summed E-state index contributed by atoms with van der Waals surface area (Å²) in [5, 5.41) is 5.26. The van der Waals surface area contributed by atoms with E-state index in [9.17, 15) is 4.79 Å². The molecule has 12 heavy (non-hydrogen) atoms. The second kappa shape index (κ2) is 4.14. The smallest absolute Gasteiger partial charge is 0.267 e. The minimum atomic E-state index is 0.0265. The van der Waals surface area contributed by atoms with Crippen molar-refractivity contribution in [1.29, 1.82) is 0 Å². The van der Waals surface area contributed by atoms with Gasteiger partial charge in [0.2, 0.25) is 0 Å². The maximum atomic E-state index is 11.1. The number of unbranched alkanes of at least 4 members (excludes halogenated alkanes) is 1. The Morgan fingerprint density at radius 2 is 2.33 bits per heavy atom. The fraction of sp³-hybridized carbons (Fsp3) is 0.667. The average molecular weight is 168 g/mol. The molecular weight excluding hydrogens is 152 g/mol. The van der Waals surface area contributed by atoms with E-state index in [0.717, 1.165) is 12.0 Å². The monoisotopic (exact) mass is 168 g/mol. The van der Waals surface area contributed by atoms with Gasteiger partial charge in [0.25, 0.3) is 5.56 Å². The summed E-state index contributed by atoms with van der Waals surface area (Å²) in [7, 11) is 0. The fourth-order valence-electron chi connectivity index (χ4n) is 1.35. The highest BCUT2D eigenvalue weighted by Crippen LogP contribution is 2.16. The summed E-state index contributed by atoms with van der Waals surface area (Å²) in [6.45, 7) is 4.25. The molecule has 1 heterocycles. The van der Waals surface area contributed by atoms with Crippen LogP contribution in [0.15, 0.2) is 11.0 Å². The van der Waals surface area contributed by atoms with Crippen molar-refractivity contribution in [1.82, 2.24) is 10.2 Å². The van der Waals surface area contributed by atoms with Crippen molar-refractivity contribution in [3.63, 3.8) is 0 Å². The van der Waals surface area contributed by atoms with Crippen LogP contribution in [0, 0.1) is 0 Å². The predicted molar refractivity (Wildman–Crippen MR) is 49.4 cm³/mol. The van der Waals surface area contributed by atoms with Gasteiger partial charge in [-0.05, 0) is 12.3 Å². The molecule has 68 valence electrons. The van der Waals surface area contributed by atoms with Gasteiger partial charge in [-0.15, -0.1) is 0 Å². The minimum Gasteiger partial charge on any atom is -0.305 e. The summed E-state index contributed by atoms with van der Waals surface area (Å²) in [4.78, 5) is 11.1. The van der Waals surface area contributed by atoms with Crippen LogP contribution in [0.25, 0.3) is 0 Å². The summed E-state index contributed by atoms with van der Waals surface area (Å²) >= 11 is 0. The molecule has 1 aromatic rings. The maximum Gasteiger partial charge on any atom is 0.267 e. The van der Waals surface area contributed by atoms with E-state index in [4.69, 9.17) is 0 Å².